The lowest BCUT2D eigenvalue weighted by molar-refractivity contribution is 0.248. The van der Waals surface area contributed by atoms with Gasteiger partial charge < -0.3 is 5.32 Å². The van der Waals surface area contributed by atoms with E-state index < -0.39 is 0 Å². The van der Waals surface area contributed by atoms with Gasteiger partial charge in [0.05, 0.1) is 0 Å². The first-order valence-electron chi connectivity index (χ1n) is 5.83. The minimum Gasteiger partial charge on any atom is -0.315 e. The number of hydrogen-bond acceptors (Lipinski definition) is 2. The second-order valence-corrected chi connectivity index (χ2v) is 4.04. The zero-order valence-electron chi connectivity index (χ0n) is 9.18. The van der Waals surface area contributed by atoms with Crippen LogP contribution in [0.5, 0.6) is 0 Å². The third kappa shape index (κ3) is 3.65. The summed E-state index contributed by atoms with van der Waals surface area (Å²) in [5.74, 6) is 0. The van der Waals surface area contributed by atoms with Gasteiger partial charge in [-0.1, -0.05) is 13.8 Å². The van der Waals surface area contributed by atoms with E-state index in [4.69, 9.17) is 0 Å². The van der Waals surface area contributed by atoms with Crippen molar-refractivity contribution in [3.63, 3.8) is 0 Å². The fourth-order valence-electron chi connectivity index (χ4n) is 2.15. The number of likely N-dealkylation sites (tertiary alicyclic amines) is 1. The largest absolute Gasteiger partial charge is 0.315 e. The first-order chi connectivity index (χ1) is 6.38. The van der Waals surface area contributed by atoms with E-state index in [1.54, 1.807) is 0 Å². The molecule has 0 aromatic rings. The van der Waals surface area contributed by atoms with Crippen molar-refractivity contribution >= 4 is 0 Å². The van der Waals surface area contributed by atoms with Gasteiger partial charge in [0.2, 0.25) is 0 Å². The van der Waals surface area contributed by atoms with Gasteiger partial charge in [0.25, 0.3) is 0 Å². The van der Waals surface area contributed by atoms with Gasteiger partial charge in [0.15, 0.2) is 0 Å². The lowest BCUT2D eigenvalue weighted by Crippen LogP contribution is -2.38. The predicted molar refractivity (Wildman–Crippen MR) is 58.0 cm³/mol. The van der Waals surface area contributed by atoms with Crippen molar-refractivity contribution in [3.8, 4) is 0 Å². The standard InChI is InChI=1S/C11H24N2/c1-3-7-12-10-11-6-5-9-13(11)8-4-2/h11-12H,3-10H2,1-2H3/t11-/m1/s1. The Kier molecular flexibility index (Phi) is 5.40. The summed E-state index contributed by atoms with van der Waals surface area (Å²) < 4.78 is 0. The van der Waals surface area contributed by atoms with Crippen LogP contribution in [0.15, 0.2) is 0 Å². The van der Waals surface area contributed by atoms with Crippen molar-refractivity contribution in [2.45, 2.75) is 45.6 Å². The summed E-state index contributed by atoms with van der Waals surface area (Å²) in [7, 11) is 0. The smallest absolute Gasteiger partial charge is 0.0221 e. The molecule has 0 amide bonds. The molecule has 0 radical (unpaired) electrons. The monoisotopic (exact) mass is 184 g/mol. The van der Waals surface area contributed by atoms with E-state index in [-0.39, 0.29) is 0 Å². The third-order valence-electron chi connectivity index (χ3n) is 2.82. The fraction of sp³-hybridized carbons (Fsp3) is 1.00. The van der Waals surface area contributed by atoms with Crippen LogP contribution < -0.4 is 5.32 Å². The topological polar surface area (TPSA) is 15.3 Å². The molecule has 1 aliphatic rings. The molecule has 0 unspecified atom stereocenters. The van der Waals surface area contributed by atoms with Gasteiger partial charge in [-0.15, -0.1) is 0 Å². The third-order valence-corrected chi connectivity index (χ3v) is 2.82. The lowest BCUT2D eigenvalue weighted by Gasteiger charge is -2.23. The molecule has 0 spiro atoms. The van der Waals surface area contributed by atoms with Gasteiger partial charge in [-0.05, 0) is 45.3 Å². The molecule has 0 bridgehead atoms. The molecule has 0 saturated carbocycles. The second-order valence-electron chi connectivity index (χ2n) is 4.04. The van der Waals surface area contributed by atoms with Crippen molar-refractivity contribution in [2.24, 2.45) is 0 Å². The highest BCUT2D eigenvalue weighted by Gasteiger charge is 2.22. The van der Waals surface area contributed by atoms with E-state index in [1.807, 2.05) is 0 Å². The summed E-state index contributed by atoms with van der Waals surface area (Å²) in [4.78, 5) is 2.64. The Morgan fingerprint density at radius 3 is 2.85 bits per heavy atom. The molecule has 13 heavy (non-hydrogen) atoms. The summed E-state index contributed by atoms with van der Waals surface area (Å²) in [6.07, 6.45) is 5.35. The molecule has 1 fully saturated rings. The molecular formula is C11H24N2. The van der Waals surface area contributed by atoms with Gasteiger partial charge in [0, 0.05) is 12.6 Å². The van der Waals surface area contributed by atoms with E-state index in [0.29, 0.717) is 0 Å². The summed E-state index contributed by atoms with van der Waals surface area (Å²) in [6.45, 7) is 9.50. The van der Waals surface area contributed by atoms with Crippen molar-refractivity contribution in [2.75, 3.05) is 26.2 Å². The highest BCUT2D eigenvalue weighted by atomic mass is 15.2. The zero-order valence-corrected chi connectivity index (χ0v) is 9.18. The van der Waals surface area contributed by atoms with Crippen molar-refractivity contribution < 1.29 is 0 Å². The summed E-state index contributed by atoms with van der Waals surface area (Å²) in [6, 6.07) is 0.825. The molecule has 2 nitrogen and oxygen atoms in total. The Morgan fingerprint density at radius 2 is 2.15 bits per heavy atom. The van der Waals surface area contributed by atoms with Crippen LogP contribution in [0.4, 0.5) is 0 Å². The van der Waals surface area contributed by atoms with Gasteiger partial charge in [0.1, 0.15) is 0 Å². The van der Waals surface area contributed by atoms with E-state index >= 15 is 0 Å². The van der Waals surface area contributed by atoms with Crippen LogP contribution in [0.2, 0.25) is 0 Å². The summed E-state index contributed by atoms with van der Waals surface area (Å²) >= 11 is 0. The maximum Gasteiger partial charge on any atom is 0.0221 e. The molecule has 1 atom stereocenters. The van der Waals surface area contributed by atoms with Gasteiger partial charge in [-0.25, -0.2) is 0 Å². The van der Waals surface area contributed by atoms with E-state index in [0.717, 1.165) is 6.04 Å². The van der Waals surface area contributed by atoms with E-state index in [1.165, 1.54) is 51.9 Å². The minimum atomic E-state index is 0.825. The van der Waals surface area contributed by atoms with Crippen LogP contribution in [0.25, 0.3) is 0 Å². The average Bonchev–Trinajstić information content (AvgIpc) is 2.54. The fourth-order valence-corrected chi connectivity index (χ4v) is 2.15. The molecule has 78 valence electrons. The van der Waals surface area contributed by atoms with Crippen LogP contribution in [-0.4, -0.2) is 37.1 Å². The Bertz CT molecular complexity index is 125. The molecule has 0 aromatic heterocycles. The van der Waals surface area contributed by atoms with Crippen LogP contribution >= 0.6 is 0 Å². The van der Waals surface area contributed by atoms with Gasteiger partial charge in [-0.2, -0.15) is 0 Å². The van der Waals surface area contributed by atoms with Gasteiger partial charge >= 0.3 is 0 Å². The molecule has 1 aliphatic heterocycles. The molecule has 0 aliphatic carbocycles. The van der Waals surface area contributed by atoms with Crippen LogP contribution in [0, 0.1) is 0 Å². The predicted octanol–water partition coefficient (Wildman–Crippen LogP) is 1.86. The maximum atomic E-state index is 3.52. The molecule has 0 aromatic carbocycles. The average molecular weight is 184 g/mol. The number of hydrogen-bond donors (Lipinski definition) is 1. The van der Waals surface area contributed by atoms with Crippen LogP contribution in [0.3, 0.4) is 0 Å². The normalized spacial score (nSPS) is 24.0. The lowest BCUT2D eigenvalue weighted by atomic mass is 10.2. The Morgan fingerprint density at radius 1 is 1.31 bits per heavy atom. The summed E-state index contributed by atoms with van der Waals surface area (Å²) in [5, 5.41) is 3.52. The molecular weight excluding hydrogens is 160 g/mol. The zero-order chi connectivity index (χ0) is 9.52. The van der Waals surface area contributed by atoms with Crippen molar-refractivity contribution in [3.05, 3.63) is 0 Å². The molecule has 1 N–H and O–H groups in total. The summed E-state index contributed by atoms with van der Waals surface area (Å²) in [5.41, 5.74) is 0. The molecule has 1 rings (SSSR count). The second kappa shape index (κ2) is 6.39. The SMILES string of the molecule is CCCNC[C@H]1CCCN1CCC. The highest BCUT2D eigenvalue weighted by molar-refractivity contribution is 4.80. The Balaban J connectivity index is 2.15. The number of rotatable bonds is 6. The quantitative estimate of drug-likeness (QED) is 0.634. The first kappa shape index (κ1) is 11.0. The first-order valence-corrected chi connectivity index (χ1v) is 5.83. The van der Waals surface area contributed by atoms with Crippen LogP contribution in [-0.2, 0) is 0 Å². The maximum absolute atomic E-state index is 3.52. The molecule has 1 saturated heterocycles. The van der Waals surface area contributed by atoms with E-state index in [2.05, 4.69) is 24.1 Å². The minimum absolute atomic E-state index is 0.825. The van der Waals surface area contributed by atoms with Crippen LogP contribution in [0.1, 0.15) is 39.5 Å². The Hall–Kier alpha value is -0.0800. The molecule has 2 heteroatoms. The highest BCUT2D eigenvalue weighted by Crippen LogP contribution is 2.16. The van der Waals surface area contributed by atoms with Gasteiger partial charge in [-0.3, -0.25) is 4.90 Å². The number of nitrogens with zero attached hydrogens (tertiary/aromatic N) is 1. The molecule has 1 heterocycles. The number of nitrogens with one attached hydrogen (secondary N) is 1. The Labute approximate surface area is 82.7 Å². The van der Waals surface area contributed by atoms with Crippen molar-refractivity contribution in [1.82, 2.24) is 10.2 Å². The van der Waals surface area contributed by atoms with Crippen molar-refractivity contribution in [1.29, 1.82) is 0 Å². The van der Waals surface area contributed by atoms with E-state index in [9.17, 15) is 0 Å².